The van der Waals surface area contributed by atoms with Crippen LogP contribution in [0.5, 0.6) is 0 Å². The summed E-state index contributed by atoms with van der Waals surface area (Å²) in [6.45, 7) is -0.658. The summed E-state index contributed by atoms with van der Waals surface area (Å²) in [6.07, 6.45) is 0. The Morgan fingerprint density at radius 2 is 2.06 bits per heavy atom. The van der Waals surface area contributed by atoms with Gasteiger partial charge in [-0.25, -0.2) is 15.1 Å². The van der Waals surface area contributed by atoms with Crippen LogP contribution in [0.2, 0.25) is 0 Å². The molecule has 1 aromatic rings. The van der Waals surface area contributed by atoms with Gasteiger partial charge in [0, 0.05) is 11.3 Å². The molecule has 0 unspecified atom stereocenters. The van der Waals surface area contributed by atoms with Crippen molar-refractivity contribution in [3.8, 4) is 0 Å². The second-order valence-electron chi connectivity index (χ2n) is 3.18. The number of carbonyl (C=O) groups is 3. The molecular formula is C10H11N3O5. The number of aliphatic carboxylic acids is 1. The molecule has 18 heavy (non-hydrogen) atoms. The van der Waals surface area contributed by atoms with E-state index in [1.165, 1.54) is 24.3 Å². The third-order valence-corrected chi connectivity index (χ3v) is 1.77. The van der Waals surface area contributed by atoms with E-state index in [-0.39, 0.29) is 5.56 Å². The molecule has 8 nitrogen and oxygen atoms in total. The molecule has 3 amide bonds. The van der Waals surface area contributed by atoms with Gasteiger partial charge in [0.05, 0.1) is 0 Å². The molecule has 0 spiro atoms. The van der Waals surface area contributed by atoms with Crippen LogP contribution >= 0.6 is 0 Å². The highest BCUT2D eigenvalue weighted by Gasteiger charge is 2.05. The minimum atomic E-state index is -1.22. The highest BCUT2D eigenvalue weighted by molar-refractivity contribution is 5.95. The van der Waals surface area contributed by atoms with Gasteiger partial charge in [-0.15, -0.1) is 0 Å². The number of rotatable bonds is 5. The van der Waals surface area contributed by atoms with Crippen LogP contribution in [0.1, 0.15) is 10.4 Å². The van der Waals surface area contributed by atoms with E-state index in [9.17, 15) is 14.4 Å². The number of hydrogen-bond donors (Lipinski definition) is 4. The zero-order valence-corrected chi connectivity index (χ0v) is 9.17. The fourth-order valence-electron chi connectivity index (χ4n) is 1.07. The molecule has 96 valence electrons. The van der Waals surface area contributed by atoms with Crippen LogP contribution in [0.15, 0.2) is 24.3 Å². The van der Waals surface area contributed by atoms with Crippen molar-refractivity contribution in [3.05, 3.63) is 29.8 Å². The van der Waals surface area contributed by atoms with Crippen molar-refractivity contribution in [1.82, 2.24) is 5.48 Å². The molecule has 1 aromatic carbocycles. The van der Waals surface area contributed by atoms with Crippen molar-refractivity contribution in [3.63, 3.8) is 0 Å². The molecule has 0 aliphatic rings. The number of carbonyl (C=O) groups excluding carboxylic acids is 2. The lowest BCUT2D eigenvalue weighted by Gasteiger charge is -2.07. The van der Waals surface area contributed by atoms with E-state index in [1.807, 2.05) is 5.48 Å². The van der Waals surface area contributed by atoms with Crippen molar-refractivity contribution in [2.75, 3.05) is 11.9 Å². The molecule has 0 bridgehead atoms. The van der Waals surface area contributed by atoms with Gasteiger partial charge >= 0.3 is 12.0 Å². The molecular weight excluding hydrogens is 242 g/mol. The molecule has 0 heterocycles. The molecule has 0 fully saturated rings. The topological polar surface area (TPSA) is 131 Å². The molecule has 0 aromatic heterocycles. The summed E-state index contributed by atoms with van der Waals surface area (Å²) >= 11 is 0. The molecule has 0 saturated heterocycles. The number of hydroxylamine groups is 1. The summed E-state index contributed by atoms with van der Waals surface area (Å²) in [5.74, 6) is -1.84. The van der Waals surface area contributed by atoms with Crippen molar-refractivity contribution in [1.29, 1.82) is 0 Å². The van der Waals surface area contributed by atoms with Crippen LogP contribution < -0.4 is 16.5 Å². The van der Waals surface area contributed by atoms with Gasteiger partial charge in [0.1, 0.15) is 0 Å². The average molecular weight is 253 g/mol. The average Bonchev–Trinajstić information content (AvgIpc) is 2.28. The van der Waals surface area contributed by atoms with E-state index in [1.54, 1.807) is 0 Å². The summed E-state index contributed by atoms with van der Waals surface area (Å²) in [5, 5.41) is 10.6. The number of hydrogen-bond acceptors (Lipinski definition) is 4. The van der Waals surface area contributed by atoms with Crippen molar-refractivity contribution in [2.24, 2.45) is 5.73 Å². The van der Waals surface area contributed by atoms with Gasteiger partial charge in [0.15, 0.2) is 6.61 Å². The number of carboxylic acid groups (broad SMARTS) is 1. The number of carboxylic acids is 1. The summed E-state index contributed by atoms with van der Waals surface area (Å²) in [5.41, 5.74) is 7.49. The highest BCUT2D eigenvalue weighted by Crippen LogP contribution is 2.09. The summed E-state index contributed by atoms with van der Waals surface area (Å²) in [6, 6.07) is 5.17. The van der Waals surface area contributed by atoms with Gasteiger partial charge in [-0.3, -0.25) is 9.63 Å². The van der Waals surface area contributed by atoms with Gasteiger partial charge in [-0.05, 0) is 18.2 Å². The van der Waals surface area contributed by atoms with Crippen LogP contribution in [-0.2, 0) is 9.63 Å². The van der Waals surface area contributed by atoms with Gasteiger partial charge in [-0.1, -0.05) is 6.07 Å². The number of anilines is 1. The van der Waals surface area contributed by atoms with Gasteiger partial charge in [0.25, 0.3) is 0 Å². The monoisotopic (exact) mass is 253 g/mol. The molecule has 0 saturated carbocycles. The van der Waals surface area contributed by atoms with Gasteiger partial charge in [-0.2, -0.15) is 0 Å². The van der Waals surface area contributed by atoms with E-state index >= 15 is 0 Å². The Labute approximate surface area is 102 Å². The lowest BCUT2D eigenvalue weighted by atomic mass is 10.2. The lowest BCUT2D eigenvalue weighted by Crippen LogP contribution is -2.30. The van der Waals surface area contributed by atoms with E-state index in [2.05, 4.69) is 10.2 Å². The van der Waals surface area contributed by atoms with Crippen molar-refractivity contribution < 1.29 is 24.3 Å². The maximum atomic E-state index is 11.2. The first-order valence-corrected chi connectivity index (χ1v) is 4.79. The standard InChI is InChI=1S/C10H11N3O5/c11-9(16)6-2-1-3-7(4-6)12-10(17)13-18-5-8(14)15/h1-4H,5H2,(H2,11,16)(H,14,15)(H2,12,13,17). The molecule has 0 aliphatic heterocycles. The Morgan fingerprint density at radius 3 is 2.67 bits per heavy atom. The van der Waals surface area contributed by atoms with Crippen LogP contribution in [-0.4, -0.2) is 29.6 Å². The van der Waals surface area contributed by atoms with Crippen molar-refractivity contribution >= 4 is 23.6 Å². The number of primary amides is 1. The zero-order valence-electron chi connectivity index (χ0n) is 9.17. The first-order chi connectivity index (χ1) is 8.49. The van der Waals surface area contributed by atoms with E-state index in [0.29, 0.717) is 5.69 Å². The first kappa shape index (κ1) is 13.5. The number of amides is 3. The number of nitrogens with one attached hydrogen (secondary N) is 2. The maximum Gasteiger partial charge on any atom is 0.343 e. The maximum absolute atomic E-state index is 11.2. The molecule has 5 N–H and O–H groups in total. The van der Waals surface area contributed by atoms with E-state index in [4.69, 9.17) is 10.8 Å². The Kier molecular flexibility index (Phi) is 4.64. The molecule has 0 aliphatic carbocycles. The van der Waals surface area contributed by atoms with Gasteiger partial charge < -0.3 is 16.2 Å². The normalized spacial score (nSPS) is 9.56. The lowest BCUT2D eigenvalue weighted by molar-refractivity contribution is -0.143. The molecule has 1 rings (SSSR count). The fraction of sp³-hybridized carbons (Fsp3) is 0.100. The fourth-order valence-corrected chi connectivity index (χ4v) is 1.07. The minimum Gasteiger partial charge on any atom is -0.479 e. The van der Waals surface area contributed by atoms with Crippen molar-refractivity contribution in [2.45, 2.75) is 0 Å². The third kappa shape index (κ3) is 4.49. The van der Waals surface area contributed by atoms with E-state index < -0.39 is 24.5 Å². The predicted molar refractivity (Wildman–Crippen MR) is 60.7 cm³/mol. The Morgan fingerprint density at radius 1 is 1.33 bits per heavy atom. The SMILES string of the molecule is NC(=O)c1cccc(NC(=O)NOCC(=O)O)c1. The molecule has 8 heteroatoms. The first-order valence-electron chi connectivity index (χ1n) is 4.79. The third-order valence-electron chi connectivity index (χ3n) is 1.77. The van der Waals surface area contributed by atoms with E-state index in [0.717, 1.165) is 0 Å². The second kappa shape index (κ2) is 6.21. The van der Waals surface area contributed by atoms with Crippen LogP contribution in [0, 0.1) is 0 Å². The van der Waals surface area contributed by atoms with Gasteiger partial charge in [0.2, 0.25) is 5.91 Å². The summed E-state index contributed by atoms with van der Waals surface area (Å²) < 4.78 is 0. The quantitative estimate of drug-likeness (QED) is 0.545. The molecule has 0 radical (unpaired) electrons. The highest BCUT2D eigenvalue weighted by atomic mass is 16.7. The van der Waals surface area contributed by atoms with Crippen LogP contribution in [0.3, 0.4) is 0 Å². The second-order valence-corrected chi connectivity index (χ2v) is 3.18. The largest absolute Gasteiger partial charge is 0.479 e. The number of urea groups is 1. The Hall–Kier alpha value is -2.61. The zero-order chi connectivity index (χ0) is 13.5. The smallest absolute Gasteiger partial charge is 0.343 e. The summed E-state index contributed by atoms with van der Waals surface area (Å²) in [4.78, 5) is 36.6. The Bertz CT molecular complexity index is 474. The summed E-state index contributed by atoms with van der Waals surface area (Å²) in [7, 11) is 0. The minimum absolute atomic E-state index is 0.235. The predicted octanol–water partition coefficient (Wildman–Crippen LogP) is -0.0768. The van der Waals surface area contributed by atoms with Crippen LogP contribution in [0.4, 0.5) is 10.5 Å². The van der Waals surface area contributed by atoms with Crippen LogP contribution in [0.25, 0.3) is 0 Å². The molecule has 0 atom stereocenters. The number of benzene rings is 1. The Balaban J connectivity index is 2.51. The number of nitrogens with two attached hydrogens (primary N) is 1.